The molecule has 0 aliphatic heterocycles. The summed E-state index contributed by atoms with van der Waals surface area (Å²) in [4.78, 5) is 18.2. The van der Waals surface area contributed by atoms with Crippen molar-refractivity contribution in [2.45, 2.75) is 45.1 Å². The molecule has 170 valence electrons. The summed E-state index contributed by atoms with van der Waals surface area (Å²) in [5, 5.41) is 9.43. The van der Waals surface area contributed by atoms with E-state index in [9.17, 15) is 4.79 Å². The number of methoxy groups -OCH3 is 1. The number of carbonyl (C=O) groups excluding carboxylic acids is 1. The molecule has 0 saturated heterocycles. The van der Waals surface area contributed by atoms with Crippen LogP contribution >= 0.6 is 22.7 Å². The number of thiazole rings is 1. The number of carbonyl (C=O) groups is 1. The Hall–Kier alpha value is -2.90. The average Bonchev–Trinajstić information content (AvgIpc) is 3.60. The number of nitrogens with zero attached hydrogens (tertiary/aromatic N) is 2. The van der Waals surface area contributed by atoms with Crippen molar-refractivity contribution in [3.63, 3.8) is 0 Å². The zero-order chi connectivity index (χ0) is 22.8. The van der Waals surface area contributed by atoms with Crippen LogP contribution in [0.3, 0.4) is 0 Å². The number of amides is 1. The first-order chi connectivity index (χ1) is 16.1. The first kappa shape index (κ1) is 21.9. The first-order valence-electron chi connectivity index (χ1n) is 11.3. The number of aromatic nitrogens is 2. The lowest BCUT2D eigenvalue weighted by atomic mass is 9.95. The molecule has 1 aliphatic rings. The van der Waals surface area contributed by atoms with Gasteiger partial charge in [-0.15, -0.1) is 22.7 Å². The number of nitrogens with one attached hydrogen (secondary N) is 1. The smallest absolute Gasteiger partial charge is 0.253 e. The van der Waals surface area contributed by atoms with E-state index in [1.54, 1.807) is 29.8 Å². The van der Waals surface area contributed by atoms with Crippen LogP contribution in [0.1, 0.15) is 48.2 Å². The van der Waals surface area contributed by atoms with Gasteiger partial charge < -0.3 is 14.6 Å². The zero-order valence-corrected chi connectivity index (χ0v) is 20.5. The molecule has 3 aromatic heterocycles. The Labute approximate surface area is 202 Å². The van der Waals surface area contributed by atoms with E-state index in [0.29, 0.717) is 0 Å². The third-order valence-corrected chi connectivity index (χ3v) is 8.01. The standard InChI is InChI=1S/C26H27N3O2S2/c1-17-21(25(30)27-19-7-4-3-5-8-19)15-23(29(17)24-9-6-14-32-24)22-16-33-26(28-22)18-10-12-20(31-2)13-11-18/h6,9-16,19H,3-5,7-8H2,1-2H3,(H,27,30). The molecule has 0 radical (unpaired) electrons. The van der Waals surface area contributed by atoms with Crippen LogP contribution in [-0.4, -0.2) is 28.6 Å². The molecule has 0 bridgehead atoms. The second-order valence-corrected chi connectivity index (χ2v) is 10.2. The summed E-state index contributed by atoms with van der Waals surface area (Å²) in [6, 6.07) is 14.3. The fourth-order valence-electron chi connectivity index (χ4n) is 4.47. The van der Waals surface area contributed by atoms with Crippen molar-refractivity contribution in [1.82, 2.24) is 14.9 Å². The molecule has 4 aromatic rings. The lowest BCUT2D eigenvalue weighted by molar-refractivity contribution is 0.0927. The minimum atomic E-state index is 0.0153. The lowest BCUT2D eigenvalue weighted by Gasteiger charge is -2.22. The third kappa shape index (κ3) is 4.48. The zero-order valence-electron chi connectivity index (χ0n) is 18.8. The van der Waals surface area contributed by atoms with Crippen LogP contribution in [0.25, 0.3) is 27.0 Å². The second-order valence-electron chi connectivity index (χ2n) is 8.39. The van der Waals surface area contributed by atoms with Crippen LogP contribution in [0.5, 0.6) is 5.75 Å². The predicted molar refractivity (Wildman–Crippen MR) is 136 cm³/mol. The Kier molecular flexibility index (Phi) is 6.33. The summed E-state index contributed by atoms with van der Waals surface area (Å²) < 4.78 is 7.43. The molecule has 7 heteroatoms. The van der Waals surface area contributed by atoms with Crippen LogP contribution in [0.15, 0.2) is 53.2 Å². The van der Waals surface area contributed by atoms with Gasteiger partial charge in [0.25, 0.3) is 5.91 Å². The third-order valence-electron chi connectivity index (χ3n) is 6.26. The molecule has 1 aromatic carbocycles. The van der Waals surface area contributed by atoms with Crippen LogP contribution in [0, 0.1) is 6.92 Å². The van der Waals surface area contributed by atoms with Crippen LogP contribution in [0.4, 0.5) is 0 Å². The molecule has 5 nitrogen and oxygen atoms in total. The Morgan fingerprint density at radius 1 is 1.12 bits per heavy atom. The molecule has 0 unspecified atom stereocenters. The number of hydrogen-bond acceptors (Lipinski definition) is 5. The van der Waals surface area contributed by atoms with Gasteiger partial charge in [0.05, 0.1) is 29.1 Å². The van der Waals surface area contributed by atoms with Gasteiger partial charge >= 0.3 is 0 Å². The monoisotopic (exact) mass is 477 g/mol. The van der Waals surface area contributed by atoms with Gasteiger partial charge in [0.1, 0.15) is 10.8 Å². The van der Waals surface area contributed by atoms with Gasteiger partial charge in [-0.2, -0.15) is 0 Å². The number of thiophene rings is 1. The summed E-state index contributed by atoms with van der Waals surface area (Å²) in [5.74, 6) is 0.841. The molecule has 1 N–H and O–H groups in total. The Morgan fingerprint density at radius 3 is 2.61 bits per heavy atom. The SMILES string of the molecule is COc1ccc(-c2nc(-c3cc(C(=O)NC4CCCCC4)c(C)n3-c3cccs3)cs2)cc1. The number of hydrogen-bond donors (Lipinski definition) is 1. The van der Waals surface area contributed by atoms with E-state index in [1.807, 2.05) is 43.3 Å². The molecule has 0 spiro atoms. The van der Waals surface area contributed by atoms with E-state index < -0.39 is 0 Å². The fraction of sp³-hybridized carbons (Fsp3) is 0.308. The minimum Gasteiger partial charge on any atom is -0.497 e. The van der Waals surface area contributed by atoms with Crippen molar-refractivity contribution >= 4 is 28.6 Å². The van der Waals surface area contributed by atoms with E-state index in [0.717, 1.165) is 56.8 Å². The lowest BCUT2D eigenvalue weighted by Crippen LogP contribution is -2.36. The van der Waals surface area contributed by atoms with Crippen LogP contribution < -0.4 is 10.1 Å². The van der Waals surface area contributed by atoms with Gasteiger partial charge in [-0.05, 0) is 67.6 Å². The van der Waals surface area contributed by atoms with Gasteiger partial charge in [0, 0.05) is 22.7 Å². The van der Waals surface area contributed by atoms with Crippen molar-refractivity contribution in [1.29, 1.82) is 0 Å². The molecule has 1 fully saturated rings. The summed E-state index contributed by atoms with van der Waals surface area (Å²) >= 11 is 3.27. The summed E-state index contributed by atoms with van der Waals surface area (Å²) in [6.45, 7) is 2.02. The quantitative estimate of drug-likeness (QED) is 0.336. The van der Waals surface area contributed by atoms with E-state index in [4.69, 9.17) is 9.72 Å². The van der Waals surface area contributed by atoms with Crippen molar-refractivity contribution in [3.05, 3.63) is 64.5 Å². The highest BCUT2D eigenvalue weighted by Gasteiger charge is 2.24. The molecular weight excluding hydrogens is 450 g/mol. The molecule has 33 heavy (non-hydrogen) atoms. The summed E-state index contributed by atoms with van der Waals surface area (Å²) in [7, 11) is 1.67. The molecule has 0 atom stereocenters. The largest absolute Gasteiger partial charge is 0.497 e. The number of rotatable bonds is 6. The molecule has 3 heterocycles. The predicted octanol–water partition coefficient (Wildman–Crippen LogP) is 6.71. The normalized spacial score (nSPS) is 14.4. The summed E-state index contributed by atoms with van der Waals surface area (Å²) in [6.07, 6.45) is 5.79. The topological polar surface area (TPSA) is 56.1 Å². The number of ether oxygens (including phenoxy) is 1. The minimum absolute atomic E-state index is 0.0153. The van der Waals surface area contributed by atoms with Crippen LogP contribution in [-0.2, 0) is 0 Å². The van der Waals surface area contributed by atoms with Crippen molar-refractivity contribution in [2.75, 3.05) is 7.11 Å². The highest BCUT2D eigenvalue weighted by Crippen LogP contribution is 2.35. The Balaban J connectivity index is 1.51. The van der Waals surface area contributed by atoms with Gasteiger partial charge in [0.2, 0.25) is 0 Å². The van der Waals surface area contributed by atoms with E-state index in [2.05, 4.69) is 26.7 Å². The maximum Gasteiger partial charge on any atom is 0.253 e. The fourth-order valence-corrected chi connectivity index (χ4v) is 6.09. The molecular formula is C26H27N3O2S2. The molecule has 1 aliphatic carbocycles. The number of benzene rings is 1. The van der Waals surface area contributed by atoms with E-state index >= 15 is 0 Å². The molecule has 1 amide bonds. The van der Waals surface area contributed by atoms with Gasteiger partial charge in [-0.25, -0.2) is 4.98 Å². The van der Waals surface area contributed by atoms with Gasteiger partial charge in [0.15, 0.2) is 0 Å². The highest BCUT2D eigenvalue weighted by atomic mass is 32.1. The maximum absolute atomic E-state index is 13.2. The maximum atomic E-state index is 13.2. The molecule has 1 saturated carbocycles. The first-order valence-corrected chi connectivity index (χ1v) is 13.1. The van der Waals surface area contributed by atoms with Gasteiger partial charge in [-0.1, -0.05) is 19.3 Å². The average molecular weight is 478 g/mol. The Bertz CT molecular complexity index is 1230. The van der Waals surface area contributed by atoms with Crippen molar-refractivity contribution in [3.8, 4) is 32.7 Å². The van der Waals surface area contributed by atoms with Crippen molar-refractivity contribution < 1.29 is 9.53 Å². The second kappa shape index (κ2) is 9.53. The van der Waals surface area contributed by atoms with E-state index in [1.165, 1.54) is 19.3 Å². The van der Waals surface area contributed by atoms with Crippen molar-refractivity contribution in [2.24, 2.45) is 0 Å². The van der Waals surface area contributed by atoms with Crippen LogP contribution in [0.2, 0.25) is 0 Å². The Morgan fingerprint density at radius 2 is 1.91 bits per heavy atom. The highest BCUT2D eigenvalue weighted by molar-refractivity contribution is 7.13. The summed E-state index contributed by atoms with van der Waals surface area (Å²) in [5.41, 5.74) is 4.54. The van der Waals surface area contributed by atoms with Gasteiger partial charge in [-0.3, -0.25) is 4.79 Å². The van der Waals surface area contributed by atoms with E-state index in [-0.39, 0.29) is 11.9 Å². The molecule has 5 rings (SSSR count).